The lowest BCUT2D eigenvalue weighted by Crippen LogP contribution is -2.39. The lowest BCUT2D eigenvalue weighted by Gasteiger charge is -2.12. The minimum Gasteiger partial charge on any atom is -0.504 e. The fourth-order valence-corrected chi connectivity index (χ4v) is 2.30. The normalized spacial score (nSPS) is 11.1. The maximum absolute atomic E-state index is 9.77. The molecule has 140 valence electrons. The van der Waals surface area contributed by atoms with E-state index in [1.54, 1.807) is 6.07 Å². The maximum Gasteiger partial charge on any atom is 0.191 e. The zero-order valence-electron chi connectivity index (χ0n) is 15.4. The first-order chi connectivity index (χ1) is 12.7. The molecule has 0 saturated carbocycles. The molecule has 0 aliphatic carbocycles. The van der Waals surface area contributed by atoms with E-state index in [1.165, 1.54) is 0 Å². The van der Waals surface area contributed by atoms with Gasteiger partial charge in [0.05, 0.1) is 19.7 Å². The van der Waals surface area contributed by atoms with E-state index in [2.05, 4.69) is 15.6 Å². The van der Waals surface area contributed by atoms with Gasteiger partial charge in [0, 0.05) is 6.54 Å². The highest BCUT2D eigenvalue weighted by Gasteiger charge is 2.04. The number of nitrogens with one attached hydrogen (secondary N) is 2. The Balaban J connectivity index is 1.86. The molecule has 2 aromatic rings. The molecule has 3 N–H and O–H groups in total. The third-order valence-corrected chi connectivity index (χ3v) is 3.49. The molecular weight excluding hydrogens is 330 g/mol. The van der Waals surface area contributed by atoms with E-state index >= 15 is 0 Å². The number of hydrogen-bond donors (Lipinski definition) is 3. The molecule has 0 bridgehead atoms. The van der Waals surface area contributed by atoms with Crippen LogP contribution in [0.25, 0.3) is 0 Å². The number of hydrogen-bond acceptors (Lipinski definition) is 4. The summed E-state index contributed by atoms with van der Waals surface area (Å²) in [5.74, 6) is 2.19. The molecule has 2 rings (SSSR count). The second-order valence-electron chi connectivity index (χ2n) is 5.52. The van der Waals surface area contributed by atoms with E-state index in [-0.39, 0.29) is 5.75 Å². The van der Waals surface area contributed by atoms with E-state index in [0.29, 0.717) is 32.1 Å². The summed E-state index contributed by atoms with van der Waals surface area (Å²) >= 11 is 0. The zero-order chi connectivity index (χ0) is 18.6. The Hall–Kier alpha value is -2.89. The molecule has 0 spiro atoms. The molecule has 0 amide bonds. The van der Waals surface area contributed by atoms with E-state index in [4.69, 9.17) is 9.47 Å². The molecule has 0 heterocycles. The Morgan fingerprint density at radius 1 is 1.04 bits per heavy atom. The van der Waals surface area contributed by atoms with Crippen LogP contribution in [0.15, 0.2) is 53.5 Å². The Bertz CT molecular complexity index is 690. The molecule has 0 aliphatic rings. The topological polar surface area (TPSA) is 75.1 Å². The number of phenolic OH excluding ortho intramolecular Hbond substituents is 1. The van der Waals surface area contributed by atoms with Crippen molar-refractivity contribution in [1.29, 1.82) is 0 Å². The van der Waals surface area contributed by atoms with Gasteiger partial charge in [0.1, 0.15) is 12.4 Å². The van der Waals surface area contributed by atoms with Crippen LogP contribution < -0.4 is 20.1 Å². The van der Waals surface area contributed by atoms with Crippen molar-refractivity contribution in [1.82, 2.24) is 10.6 Å². The first-order valence-corrected chi connectivity index (χ1v) is 8.87. The maximum atomic E-state index is 9.77. The van der Waals surface area contributed by atoms with Gasteiger partial charge in [-0.05, 0) is 43.7 Å². The van der Waals surface area contributed by atoms with Crippen molar-refractivity contribution in [3.05, 3.63) is 54.1 Å². The summed E-state index contributed by atoms with van der Waals surface area (Å²) in [6.07, 6.45) is 0. The monoisotopic (exact) mass is 357 g/mol. The standard InChI is InChI=1S/C20H27N3O3/c1-3-21-20(22-12-13-26-17-8-6-5-7-9-17)23-15-16-10-11-18(24)19(14-16)25-4-2/h5-11,14,24H,3-4,12-13,15H2,1-2H3,(H2,21,22,23). The predicted octanol–water partition coefficient (Wildman–Crippen LogP) is 2.93. The summed E-state index contributed by atoms with van der Waals surface area (Å²) in [5, 5.41) is 16.2. The third-order valence-electron chi connectivity index (χ3n) is 3.49. The average molecular weight is 357 g/mol. The van der Waals surface area contributed by atoms with Crippen LogP contribution in [0, 0.1) is 0 Å². The molecule has 0 unspecified atom stereocenters. The van der Waals surface area contributed by atoms with E-state index in [9.17, 15) is 5.11 Å². The van der Waals surface area contributed by atoms with Gasteiger partial charge in [-0.2, -0.15) is 0 Å². The number of rotatable bonds is 9. The van der Waals surface area contributed by atoms with Crippen molar-refractivity contribution in [2.75, 3.05) is 26.3 Å². The van der Waals surface area contributed by atoms with Crippen LogP contribution in [0.4, 0.5) is 0 Å². The van der Waals surface area contributed by atoms with Gasteiger partial charge < -0.3 is 25.2 Å². The highest BCUT2D eigenvalue weighted by Crippen LogP contribution is 2.27. The highest BCUT2D eigenvalue weighted by atomic mass is 16.5. The van der Waals surface area contributed by atoms with Crippen molar-refractivity contribution in [3.8, 4) is 17.2 Å². The Morgan fingerprint density at radius 3 is 2.58 bits per heavy atom. The molecule has 6 nitrogen and oxygen atoms in total. The fourth-order valence-electron chi connectivity index (χ4n) is 2.30. The molecule has 0 atom stereocenters. The van der Waals surface area contributed by atoms with Gasteiger partial charge in [0.15, 0.2) is 17.5 Å². The van der Waals surface area contributed by atoms with E-state index < -0.39 is 0 Å². The largest absolute Gasteiger partial charge is 0.504 e. The van der Waals surface area contributed by atoms with Crippen LogP contribution in [-0.2, 0) is 6.54 Å². The molecule has 0 aromatic heterocycles. The van der Waals surface area contributed by atoms with Gasteiger partial charge in [-0.1, -0.05) is 24.3 Å². The van der Waals surface area contributed by atoms with Crippen LogP contribution in [0.2, 0.25) is 0 Å². The van der Waals surface area contributed by atoms with Crippen molar-refractivity contribution >= 4 is 5.96 Å². The Morgan fingerprint density at radius 2 is 1.85 bits per heavy atom. The van der Waals surface area contributed by atoms with Gasteiger partial charge in [0.25, 0.3) is 0 Å². The molecule has 6 heteroatoms. The summed E-state index contributed by atoms with van der Waals surface area (Å²) in [7, 11) is 0. The second-order valence-corrected chi connectivity index (χ2v) is 5.52. The van der Waals surface area contributed by atoms with Crippen LogP contribution >= 0.6 is 0 Å². The van der Waals surface area contributed by atoms with E-state index in [1.807, 2.05) is 56.3 Å². The minimum absolute atomic E-state index is 0.141. The SMILES string of the molecule is CCNC(=NCc1ccc(O)c(OCC)c1)NCCOc1ccccc1. The van der Waals surface area contributed by atoms with Crippen LogP contribution in [0.1, 0.15) is 19.4 Å². The summed E-state index contributed by atoms with van der Waals surface area (Å²) in [5.41, 5.74) is 0.962. The van der Waals surface area contributed by atoms with Crippen LogP contribution in [0.3, 0.4) is 0 Å². The Kier molecular flexibility index (Phi) is 8.12. The zero-order valence-corrected chi connectivity index (χ0v) is 15.4. The number of benzene rings is 2. The number of nitrogens with zero attached hydrogens (tertiary/aromatic N) is 1. The van der Waals surface area contributed by atoms with Gasteiger partial charge in [-0.25, -0.2) is 4.99 Å². The first-order valence-electron chi connectivity index (χ1n) is 8.87. The number of para-hydroxylation sites is 1. The van der Waals surface area contributed by atoms with Crippen molar-refractivity contribution in [2.24, 2.45) is 4.99 Å². The van der Waals surface area contributed by atoms with Crippen LogP contribution in [-0.4, -0.2) is 37.4 Å². The Labute approximate surface area is 154 Å². The van der Waals surface area contributed by atoms with Gasteiger partial charge >= 0.3 is 0 Å². The predicted molar refractivity (Wildman–Crippen MR) is 104 cm³/mol. The molecule has 0 fully saturated rings. The lowest BCUT2D eigenvalue weighted by atomic mass is 10.2. The summed E-state index contributed by atoms with van der Waals surface area (Å²) in [6, 6.07) is 15.0. The molecule has 0 radical (unpaired) electrons. The van der Waals surface area contributed by atoms with Crippen LogP contribution in [0.5, 0.6) is 17.2 Å². The average Bonchev–Trinajstić information content (AvgIpc) is 2.66. The first kappa shape index (κ1) is 19.4. The molecule has 26 heavy (non-hydrogen) atoms. The fraction of sp³-hybridized carbons (Fsp3) is 0.350. The second kappa shape index (κ2) is 10.9. The minimum atomic E-state index is 0.141. The smallest absolute Gasteiger partial charge is 0.191 e. The van der Waals surface area contributed by atoms with Gasteiger partial charge in [0.2, 0.25) is 0 Å². The summed E-state index contributed by atoms with van der Waals surface area (Å²) in [4.78, 5) is 4.56. The molecular formula is C20H27N3O3. The van der Waals surface area contributed by atoms with E-state index in [0.717, 1.165) is 23.8 Å². The molecule has 0 saturated heterocycles. The van der Waals surface area contributed by atoms with Gasteiger partial charge in [-0.3, -0.25) is 0 Å². The van der Waals surface area contributed by atoms with Gasteiger partial charge in [-0.15, -0.1) is 0 Å². The third kappa shape index (κ3) is 6.55. The number of ether oxygens (including phenoxy) is 2. The number of guanidine groups is 1. The summed E-state index contributed by atoms with van der Waals surface area (Å²) in [6.45, 7) is 6.84. The lowest BCUT2D eigenvalue weighted by molar-refractivity contribution is 0.318. The number of phenols is 1. The van der Waals surface area contributed by atoms with Crippen molar-refractivity contribution in [2.45, 2.75) is 20.4 Å². The highest BCUT2D eigenvalue weighted by molar-refractivity contribution is 5.79. The summed E-state index contributed by atoms with van der Waals surface area (Å²) < 4.78 is 11.1. The quantitative estimate of drug-likeness (QED) is 0.365. The van der Waals surface area contributed by atoms with Crippen molar-refractivity contribution < 1.29 is 14.6 Å². The van der Waals surface area contributed by atoms with Crippen molar-refractivity contribution in [3.63, 3.8) is 0 Å². The number of aliphatic imine (C=N–C) groups is 1. The molecule has 2 aromatic carbocycles. The molecule has 0 aliphatic heterocycles. The number of aromatic hydroxyl groups is 1.